The summed E-state index contributed by atoms with van der Waals surface area (Å²) >= 11 is 0. The Labute approximate surface area is 162 Å². The summed E-state index contributed by atoms with van der Waals surface area (Å²) in [5.74, 6) is -0.393. The minimum Gasteiger partial charge on any atom is -0.340 e. The lowest BCUT2D eigenvalue weighted by atomic mass is 10.1. The third-order valence-electron chi connectivity index (χ3n) is 4.62. The molecule has 0 bridgehead atoms. The molecule has 4 rings (SSSR count). The standard InChI is InChI=1S/C22H19N5O/c1-16-19(13-25-26-22(28)20-14-23-11-12-24-20)18-9-5-6-10-21(18)27(16)15-17-7-3-2-4-8-17/h2-14H,15H2,1H3,(H,26,28). The zero-order valence-electron chi connectivity index (χ0n) is 15.4. The lowest BCUT2D eigenvalue weighted by Gasteiger charge is -2.08. The second-order valence-corrected chi connectivity index (χ2v) is 6.38. The van der Waals surface area contributed by atoms with Crippen LogP contribution in [-0.2, 0) is 6.54 Å². The van der Waals surface area contributed by atoms with E-state index in [0.29, 0.717) is 0 Å². The summed E-state index contributed by atoms with van der Waals surface area (Å²) < 4.78 is 2.26. The van der Waals surface area contributed by atoms with Crippen LogP contribution in [0.3, 0.4) is 0 Å². The molecule has 6 heteroatoms. The molecule has 1 N–H and O–H groups in total. The first kappa shape index (κ1) is 17.6. The maximum atomic E-state index is 12.1. The number of benzene rings is 2. The van der Waals surface area contributed by atoms with Gasteiger partial charge in [0.25, 0.3) is 5.91 Å². The number of hydrogen-bond acceptors (Lipinski definition) is 4. The second kappa shape index (κ2) is 7.84. The lowest BCUT2D eigenvalue weighted by molar-refractivity contribution is 0.0949. The van der Waals surface area contributed by atoms with Crippen LogP contribution in [-0.4, -0.2) is 26.7 Å². The smallest absolute Gasteiger partial charge is 0.291 e. The minimum absolute atomic E-state index is 0.225. The van der Waals surface area contributed by atoms with Crippen LogP contribution in [0.1, 0.15) is 27.3 Å². The average Bonchev–Trinajstić information content (AvgIpc) is 3.01. The molecule has 1 amide bonds. The number of para-hydroxylation sites is 1. The molecule has 2 heterocycles. The number of rotatable bonds is 5. The van der Waals surface area contributed by atoms with E-state index in [1.807, 2.05) is 30.3 Å². The van der Waals surface area contributed by atoms with Crippen LogP contribution in [0.15, 0.2) is 78.3 Å². The highest BCUT2D eigenvalue weighted by Gasteiger charge is 2.13. The topological polar surface area (TPSA) is 72.2 Å². The number of hydrazone groups is 1. The van der Waals surface area contributed by atoms with Crippen molar-refractivity contribution < 1.29 is 4.79 Å². The zero-order valence-corrected chi connectivity index (χ0v) is 15.4. The normalized spacial score (nSPS) is 11.2. The Kier molecular flexibility index (Phi) is 4.93. The van der Waals surface area contributed by atoms with Gasteiger partial charge in [-0.05, 0) is 18.6 Å². The number of carbonyl (C=O) groups is 1. The monoisotopic (exact) mass is 369 g/mol. The van der Waals surface area contributed by atoms with Gasteiger partial charge in [0.05, 0.1) is 12.4 Å². The van der Waals surface area contributed by atoms with Crippen molar-refractivity contribution >= 4 is 23.0 Å². The second-order valence-electron chi connectivity index (χ2n) is 6.38. The summed E-state index contributed by atoms with van der Waals surface area (Å²) in [6.45, 7) is 2.84. The molecule has 0 aliphatic rings. The van der Waals surface area contributed by atoms with Crippen LogP contribution in [0, 0.1) is 6.92 Å². The molecule has 0 radical (unpaired) electrons. The van der Waals surface area contributed by atoms with Gasteiger partial charge >= 0.3 is 0 Å². The van der Waals surface area contributed by atoms with Gasteiger partial charge in [-0.1, -0.05) is 48.5 Å². The van der Waals surface area contributed by atoms with E-state index in [-0.39, 0.29) is 5.69 Å². The van der Waals surface area contributed by atoms with Gasteiger partial charge in [0, 0.05) is 41.1 Å². The van der Waals surface area contributed by atoms with E-state index in [4.69, 9.17) is 0 Å². The molecule has 28 heavy (non-hydrogen) atoms. The first-order chi connectivity index (χ1) is 13.7. The van der Waals surface area contributed by atoms with Crippen molar-refractivity contribution in [2.45, 2.75) is 13.5 Å². The van der Waals surface area contributed by atoms with Crippen molar-refractivity contribution in [2.75, 3.05) is 0 Å². The van der Waals surface area contributed by atoms with E-state index < -0.39 is 5.91 Å². The van der Waals surface area contributed by atoms with Crippen LogP contribution in [0.4, 0.5) is 0 Å². The summed E-state index contributed by atoms with van der Waals surface area (Å²) in [6, 6.07) is 18.5. The van der Waals surface area contributed by atoms with E-state index in [1.165, 1.54) is 24.2 Å². The number of hydrogen-bond donors (Lipinski definition) is 1. The number of nitrogens with one attached hydrogen (secondary N) is 1. The molecule has 0 aliphatic carbocycles. The Morgan fingerprint density at radius 3 is 2.68 bits per heavy atom. The van der Waals surface area contributed by atoms with Crippen molar-refractivity contribution in [1.82, 2.24) is 20.0 Å². The number of amides is 1. The number of carbonyl (C=O) groups excluding carboxylic acids is 1. The van der Waals surface area contributed by atoms with E-state index in [2.05, 4.69) is 56.3 Å². The third kappa shape index (κ3) is 3.53. The van der Waals surface area contributed by atoms with E-state index >= 15 is 0 Å². The fourth-order valence-electron chi connectivity index (χ4n) is 3.22. The Morgan fingerprint density at radius 2 is 1.89 bits per heavy atom. The predicted octanol–water partition coefficient (Wildman–Crippen LogP) is 3.55. The van der Waals surface area contributed by atoms with Crippen molar-refractivity contribution in [2.24, 2.45) is 5.10 Å². The van der Waals surface area contributed by atoms with E-state index in [1.54, 1.807) is 6.21 Å². The molecule has 138 valence electrons. The van der Waals surface area contributed by atoms with Crippen molar-refractivity contribution in [3.8, 4) is 0 Å². The van der Waals surface area contributed by atoms with Crippen LogP contribution >= 0.6 is 0 Å². The van der Waals surface area contributed by atoms with Gasteiger partial charge in [0.15, 0.2) is 0 Å². The van der Waals surface area contributed by atoms with Crippen LogP contribution in [0.5, 0.6) is 0 Å². The summed E-state index contributed by atoms with van der Waals surface area (Å²) in [4.78, 5) is 20.0. The quantitative estimate of drug-likeness (QED) is 0.432. The predicted molar refractivity (Wildman–Crippen MR) is 109 cm³/mol. The SMILES string of the molecule is Cc1c(C=NNC(=O)c2cnccn2)c2ccccc2n1Cc1ccccc1. The molecular weight excluding hydrogens is 350 g/mol. The fraction of sp³-hybridized carbons (Fsp3) is 0.0909. The minimum atomic E-state index is -0.393. The van der Waals surface area contributed by atoms with Crippen molar-refractivity contribution in [3.63, 3.8) is 0 Å². The van der Waals surface area contributed by atoms with Gasteiger partial charge in [0.1, 0.15) is 5.69 Å². The highest BCUT2D eigenvalue weighted by atomic mass is 16.2. The molecule has 0 atom stereocenters. The highest BCUT2D eigenvalue weighted by Crippen LogP contribution is 2.25. The van der Waals surface area contributed by atoms with Gasteiger partial charge in [-0.15, -0.1) is 0 Å². The van der Waals surface area contributed by atoms with Gasteiger partial charge in [-0.2, -0.15) is 5.10 Å². The third-order valence-corrected chi connectivity index (χ3v) is 4.62. The Hall–Kier alpha value is -3.80. The molecule has 0 fully saturated rings. The van der Waals surface area contributed by atoms with E-state index in [9.17, 15) is 4.79 Å². The Bertz CT molecular complexity index is 1130. The summed E-state index contributed by atoms with van der Waals surface area (Å²) in [7, 11) is 0. The van der Waals surface area contributed by atoms with Gasteiger partial charge in [0.2, 0.25) is 0 Å². The number of nitrogens with zero attached hydrogens (tertiary/aromatic N) is 4. The largest absolute Gasteiger partial charge is 0.340 e. The summed E-state index contributed by atoms with van der Waals surface area (Å²) in [6.07, 6.45) is 6.08. The van der Waals surface area contributed by atoms with Crippen molar-refractivity contribution in [3.05, 3.63) is 95.7 Å². The van der Waals surface area contributed by atoms with Crippen LogP contribution in [0.25, 0.3) is 10.9 Å². The molecule has 0 spiro atoms. The molecule has 2 aromatic carbocycles. The van der Waals surface area contributed by atoms with Crippen molar-refractivity contribution in [1.29, 1.82) is 0 Å². The summed E-state index contributed by atoms with van der Waals surface area (Å²) in [5, 5.41) is 5.23. The molecule has 0 aliphatic heterocycles. The van der Waals surface area contributed by atoms with Gasteiger partial charge in [-0.25, -0.2) is 10.4 Å². The molecule has 4 aromatic rings. The summed E-state index contributed by atoms with van der Waals surface area (Å²) in [5.41, 5.74) is 7.16. The van der Waals surface area contributed by atoms with E-state index in [0.717, 1.165) is 28.7 Å². The number of fused-ring (bicyclic) bond motifs is 1. The fourth-order valence-corrected chi connectivity index (χ4v) is 3.22. The maximum absolute atomic E-state index is 12.1. The Morgan fingerprint density at radius 1 is 1.11 bits per heavy atom. The van der Waals surface area contributed by atoms with Gasteiger partial charge in [-0.3, -0.25) is 9.78 Å². The van der Waals surface area contributed by atoms with Crippen LogP contribution < -0.4 is 5.43 Å². The average molecular weight is 369 g/mol. The molecule has 2 aromatic heterocycles. The number of aromatic nitrogens is 3. The first-order valence-electron chi connectivity index (χ1n) is 8.95. The van der Waals surface area contributed by atoms with Gasteiger partial charge < -0.3 is 4.57 Å². The lowest BCUT2D eigenvalue weighted by Crippen LogP contribution is -2.19. The molecular formula is C22H19N5O. The maximum Gasteiger partial charge on any atom is 0.291 e. The molecule has 0 unspecified atom stereocenters. The first-order valence-corrected chi connectivity index (χ1v) is 8.95. The molecule has 0 saturated carbocycles. The zero-order chi connectivity index (χ0) is 19.3. The highest BCUT2D eigenvalue weighted by molar-refractivity contribution is 6.01. The molecule has 6 nitrogen and oxygen atoms in total. The van der Waals surface area contributed by atoms with Crippen LogP contribution in [0.2, 0.25) is 0 Å². The molecule has 0 saturated heterocycles. The Balaban J connectivity index is 1.64.